The predicted octanol–water partition coefficient (Wildman–Crippen LogP) is 1.80. The molecule has 0 atom stereocenters. The molecule has 0 heterocycles. The van der Waals surface area contributed by atoms with Gasteiger partial charge in [0.2, 0.25) is 5.91 Å². The molecule has 0 aliphatic rings. The normalized spacial score (nSPS) is 11.6. The molecule has 100 valence electrons. The van der Waals surface area contributed by atoms with Crippen molar-refractivity contribution in [1.82, 2.24) is 10.3 Å². The van der Waals surface area contributed by atoms with E-state index in [0.717, 1.165) is 0 Å². The van der Waals surface area contributed by atoms with Crippen molar-refractivity contribution < 1.29 is 13.2 Å². The first-order valence-corrected chi connectivity index (χ1v) is 7.65. The Balaban J connectivity index is 2.72. The Morgan fingerprint density at radius 3 is 2.50 bits per heavy atom. The lowest BCUT2D eigenvalue weighted by molar-refractivity contribution is -0.122. The third-order valence-electron chi connectivity index (χ3n) is 2.04. The van der Waals surface area contributed by atoms with Crippen molar-refractivity contribution in [3.63, 3.8) is 0 Å². The van der Waals surface area contributed by atoms with Crippen LogP contribution >= 0.6 is 15.9 Å². The SMILES string of the molecule is CC(C)CC(=O)NNS(=O)(=O)c1ccccc1Br. The summed E-state index contributed by atoms with van der Waals surface area (Å²) in [6, 6.07) is 6.38. The van der Waals surface area contributed by atoms with Crippen molar-refractivity contribution in [3.8, 4) is 0 Å². The second-order valence-electron chi connectivity index (χ2n) is 4.18. The summed E-state index contributed by atoms with van der Waals surface area (Å²) in [5.41, 5.74) is 2.18. The van der Waals surface area contributed by atoms with E-state index >= 15 is 0 Å². The molecule has 1 aromatic rings. The van der Waals surface area contributed by atoms with Gasteiger partial charge < -0.3 is 0 Å². The predicted molar refractivity (Wildman–Crippen MR) is 72.1 cm³/mol. The van der Waals surface area contributed by atoms with Crippen molar-refractivity contribution in [2.24, 2.45) is 5.92 Å². The third-order valence-corrected chi connectivity index (χ3v) is 4.30. The van der Waals surface area contributed by atoms with E-state index in [9.17, 15) is 13.2 Å². The Kier molecular flexibility index (Phi) is 5.30. The van der Waals surface area contributed by atoms with Gasteiger partial charge in [-0.15, -0.1) is 4.83 Å². The molecule has 0 spiro atoms. The number of amides is 1. The van der Waals surface area contributed by atoms with Gasteiger partial charge in [-0.3, -0.25) is 10.2 Å². The molecule has 0 unspecified atom stereocenters. The Labute approximate surface area is 115 Å². The Morgan fingerprint density at radius 2 is 1.94 bits per heavy atom. The number of benzene rings is 1. The summed E-state index contributed by atoms with van der Waals surface area (Å²) in [6.07, 6.45) is 0.262. The summed E-state index contributed by atoms with van der Waals surface area (Å²) in [6.45, 7) is 3.75. The summed E-state index contributed by atoms with van der Waals surface area (Å²) in [7, 11) is -3.75. The van der Waals surface area contributed by atoms with Crippen LogP contribution in [-0.2, 0) is 14.8 Å². The second-order valence-corrected chi connectivity index (χ2v) is 6.69. The average Bonchev–Trinajstić information content (AvgIpc) is 2.26. The lowest BCUT2D eigenvalue weighted by Crippen LogP contribution is -2.42. The monoisotopic (exact) mass is 334 g/mol. The zero-order valence-electron chi connectivity index (χ0n) is 10.1. The van der Waals surface area contributed by atoms with Gasteiger partial charge in [0.1, 0.15) is 0 Å². The number of hydrogen-bond donors (Lipinski definition) is 2. The molecule has 0 bridgehead atoms. The summed E-state index contributed by atoms with van der Waals surface area (Å²) >= 11 is 3.15. The van der Waals surface area contributed by atoms with E-state index in [0.29, 0.717) is 4.47 Å². The van der Waals surface area contributed by atoms with Crippen molar-refractivity contribution in [3.05, 3.63) is 28.7 Å². The molecule has 0 saturated carbocycles. The highest BCUT2D eigenvalue weighted by atomic mass is 79.9. The van der Waals surface area contributed by atoms with Crippen LogP contribution in [0.25, 0.3) is 0 Å². The number of carbonyl (C=O) groups excluding carboxylic acids is 1. The summed E-state index contributed by atoms with van der Waals surface area (Å²) in [5, 5.41) is 0. The fraction of sp³-hybridized carbons (Fsp3) is 0.364. The van der Waals surface area contributed by atoms with Crippen LogP contribution in [0.1, 0.15) is 20.3 Å². The van der Waals surface area contributed by atoms with Crippen LogP contribution in [0.3, 0.4) is 0 Å². The first-order valence-electron chi connectivity index (χ1n) is 5.38. The molecule has 0 saturated heterocycles. The Hall–Kier alpha value is -0.920. The highest BCUT2D eigenvalue weighted by Gasteiger charge is 2.17. The highest BCUT2D eigenvalue weighted by molar-refractivity contribution is 9.10. The summed E-state index contributed by atoms with van der Waals surface area (Å²) in [4.78, 5) is 13.5. The summed E-state index contributed by atoms with van der Waals surface area (Å²) in [5.74, 6) is -0.196. The molecule has 1 rings (SSSR count). The Morgan fingerprint density at radius 1 is 1.33 bits per heavy atom. The van der Waals surface area contributed by atoms with Crippen LogP contribution in [0.2, 0.25) is 0 Å². The van der Waals surface area contributed by atoms with Gasteiger partial charge >= 0.3 is 0 Å². The molecule has 1 aromatic carbocycles. The first-order chi connectivity index (χ1) is 8.33. The van der Waals surface area contributed by atoms with Gasteiger partial charge in [0.05, 0.1) is 4.90 Å². The van der Waals surface area contributed by atoms with E-state index < -0.39 is 10.0 Å². The number of hydrogen-bond acceptors (Lipinski definition) is 3. The fourth-order valence-electron chi connectivity index (χ4n) is 1.26. The van der Waals surface area contributed by atoms with Crippen LogP contribution in [0.4, 0.5) is 0 Å². The lowest BCUT2D eigenvalue weighted by atomic mass is 10.1. The van der Waals surface area contributed by atoms with E-state index in [-0.39, 0.29) is 23.1 Å². The lowest BCUT2D eigenvalue weighted by Gasteiger charge is -2.10. The molecule has 0 aliphatic carbocycles. The minimum absolute atomic E-state index is 0.0786. The van der Waals surface area contributed by atoms with E-state index in [1.807, 2.05) is 13.8 Å². The number of carbonyl (C=O) groups is 1. The minimum Gasteiger partial charge on any atom is -0.278 e. The van der Waals surface area contributed by atoms with E-state index in [2.05, 4.69) is 26.2 Å². The quantitative estimate of drug-likeness (QED) is 0.806. The van der Waals surface area contributed by atoms with Crippen molar-refractivity contribution in [2.45, 2.75) is 25.2 Å². The number of sulfonamides is 1. The molecule has 18 heavy (non-hydrogen) atoms. The smallest absolute Gasteiger partial charge is 0.258 e. The molecule has 5 nitrogen and oxygen atoms in total. The van der Waals surface area contributed by atoms with Crippen LogP contribution < -0.4 is 10.3 Å². The zero-order valence-corrected chi connectivity index (χ0v) is 12.5. The summed E-state index contributed by atoms with van der Waals surface area (Å²) < 4.78 is 24.2. The van der Waals surface area contributed by atoms with Crippen molar-refractivity contribution in [1.29, 1.82) is 0 Å². The molecular weight excluding hydrogens is 320 g/mol. The van der Waals surface area contributed by atoms with Crippen LogP contribution in [0.5, 0.6) is 0 Å². The maximum Gasteiger partial charge on any atom is 0.258 e. The molecule has 7 heteroatoms. The number of nitrogens with one attached hydrogen (secondary N) is 2. The Bertz CT molecular complexity index is 529. The molecule has 1 amide bonds. The van der Waals surface area contributed by atoms with Gasteiger partial charge in [-0.25, -0.2) is 8.42 Å². The minimum atomic E-state index is -3.75. The maximum atomic E-state index is 11.9. The zero-order chi connectivity index (χ0) is 13.8. The molecule has 0 aliphatic heterocycles. The van der Waals surface area contributed by atoms with Gasteiger partial charge in [-0.05, 0) is 34.0 Å². The van der Waals surface area contributed by atoms with E-state index in [1.54, 1.807) is 18.2 Å². The maximum absolute atomic E-state index is 11.9. The van der Waals surface area contributed by atoms with Crippen LogP contribution in [0, 0.1) is 5.92 Å². The molecule has 0 aromatic heterocycles. The highest BCUT2D eigenvalue weighted by Crippen LogP contribution is 2.20. The molecular formula is C11H15BrN2O3S. The van der Waals surface area contributed by atoms with Crippen molar-refractivity contribution in [2.75, 3.05) is 0 Å². The van der Waals surface area contributed by atoms with E-state index in [1.165, 1.54) is 6.07 Å². The third kappa shape index (κ3) is 4.40. The number of halogens is 1. The van der Waals surface area contributed by atoms with Crippen LogP contribution in [0.15, 0.2) is 33.6 Å². The van der Waals surface area contributed by atoms with Crippen LogP contribution in [-0.4, -0.2) is 14.3 Å². The average molecular weight is 335 g/mol. The molecule has 0 fully saturated rings. The largest absolute Gasteiger partial charge is 0.278 e. The first kappa shape index (κ1) is 15.1. The van der Waals surface area contributed by atoms with Crippen molar-refractivity contribution >= 4 is 31.9 Å². The van der Waals surface area contributed by atoms with Gasteiger partial charge in [-0.2, -0.15) is 0 Å². The van der Waals surface area contributed by atoms with Gasteiger partial charge in [0, 0.05) is 10.9 Å². The number of hydrazine groups is 1. The topological polar surface area (TPSA) is 75.3 Å². The van der Waals surface area contributed by atoms with Gasteiger partial charge in [0.25, 0.3) is 10.0 Å². The van der Waals surface area contributed by atoms with E-state index in [4.69, 9.17) is 0 Å². The fourth-order valence-corrected chi connectivity index (χ4v) is 3.13. The number of rotatable bonds is 5. The molecule has 2 N–H and O–H groups in total. The van der Waals surface area contributed by atoms with Gasteiger partial charge in [-0.1, -0.05) is 26.0 Å². The standard InChI is InChI=1S/C11H15BrN2O3S/c1-8(2)7-11(15)13-14-18(16,17)10-6-4-3-5-9(10)12/h3-6,8,14H,7H2,1-2H3,(H,13,15). The molecule has 0 radical (unpaired) electrons. The second kappa shape index (κ2) is 6.31. The van der Waals surface area contributed by atoms with Gasteiger partial charge in [0.15, 0.2) is 0 Å².